The summed E-state index contributed by atoms with van der Waals surface area (Å²) in [6, 6.07) is 0. The van der Waals surface area contributed by atoms with Crippen molar-refractivity contribution >= 4 is 11.9 Å². The molecule has 0 aromatic heterocycles. The lowest BCUT2D eigenvalue weighted by Crippen LogP contribution is -1.93. The van der Waals surface area contributed by atoms with E-state index in [0.717, 1.165) is 25.7 Å². The van der Waals surface area contributed by atoms with Gasteiger partial charge in [-0.25, -0.2) is 0 Å². The normalized spacial score (nSPS) is 11.2. The summed E-state index contributed by atoms with van der Waals surface area (Å²) in [6.45, 7) is 4.48. The monoisotopic (exact) mass is 508 g/mol. The Morgan fingerprint density at radius 2 is 0.667 bits per heavy atom. The van der Waals surface area contributed by atoms with Crippen LogP contribution in [0, 0.1) is 0 Å². The zero-order valence-corrected chi connectivity index (χ0v) is 24.0. The first-order chi connectivity index (χ1) is 17.5. The molecule has 0 aliphatic heterocycles. The molecule has 0 saturated carbocycles. The molecule has 0 rings (SSSR count). The molecule has 0 radical (unpaired) electrons. The maximum absolute atomic E-state index is 10.3. The van der Waals surface area contributed by atoms with Crippen LogP contribution in [-0.4, -0.2) is 22.2 Å². The minimum Gasteiger partial charge on any atom is -0.481 e. The molecule has 0 amide bonds. The van der Waals surface area contributed by atoms with E-state index in [2.05, 4.69) is 38.2 Å². The van der Waals surface area contributed by atoms with Crippen LogP contribution in [0.5, 0.6) is 0 Å². The van der Waals surface area contributed by atoms with Crippen LogP contribution in [0.4, 0.5) is 0 Å². The first-order valence-corrected chi connectivity index (χ1v) is 15.3. The Morgan fingerprint density at radius 3 is 0.944 bits per heavy atom. The van der Waals surface area contributed by atoms with E-state index >= 15 is 0 Å². The second kappa shape index (κ2) is 33.4. The zero-order valence-electron chi connectivity index (χ0n) is 24.0. The second-order valence-electron chi connectivity index (χ2n) is 10.0. The first-order valence-electron chi connectivity index (χ1n) is 15.3. The van der Waals surface area contributed by atoms with E-state index in [9.17, 15) is 9.59 Å². The van der Waals surface area contributed by atoms with Crippen LogP contribution in [0.1, 0.15) is 168 Å². The number of carboxylic acids is 2. The maximum atomic E-state index is 10.3. The Hall–Kier alpha value is -1.58. The molecule has 4 heteroatoms. The summed E-state index contributed by atoms with van der Waals surface area (Å²) in [5, 5.41) is 17.0. The molecule has 2 N–H and O–H groups in total. The molecule has 0 atom stereocenters. The van der Waals surface area contributed by atoms with E-state index < -0.39 is 11.9 Å². The van der Waals surface area contributed by atoms with Gasteiger partial charge in [-0.3, -0.25) is 9.59 Å². The Bertz CT molecular complexity index is 464. The van der Waals surface area contributed by atoms with E-state index in [1.54, 1.807) is 0 Å². The summed E-state index contributed by atoms with van der Waals surface area (Å²) in [4.78, 5) is 20.6. The van der Waals surface area contributed by atoms with Crippen LogP contribution in [0.3, 0.4) is 0 Å². The molecule has 0 aliphatic carbocycles. The number of hydrogen-bond donors (Lipinski definition) is 2. The molecule has 0 saturated heterocycles. The number of allylic oxidation sites excluding steroid dienone is 4. The summed E-state index contributed by atoms with van der Waals surface area (Å²) in [5.41, 5.74) is 0. The topological polar surface area (TPSA) is 74.6 Å². The smallest absolute Gasteiger partial charge is 0.303 e. The number of rotatable bonds is 26. The third-order valence-corrected chi connectivity index (χ3v) is 6.30. The van der Waals surface area contributed by atoms with Crippen LogP contribution < -0.4 is 0 Å². The van der Waals surface area contributed by atoms with Crippen molar-refractivity contribution in [1.82, 2.24) is 0 Å². The highest BCUT2D eigenvalue weighted by Crippen LogP contribution is 2.10. The van der Waals surface area contributed by atoms with E-state index in [0.29, 0.717) is 12.8 Å². The first kappa shape index (κ1) is 36.6. The summed E-state index contributed by atoms with van der Waals surface area (Å²) >= 11 is 0. The highest BCUT2D eigenvalue weighted by atomic mass is 16.4. The molecule has 0 fully saturated rings. The van der Waals surface area contributed by atoms with Gasteiger partial charge in [0, 0.05) is 12.8 Å². The standard InChI is InChI=1S/2C16H30O2/c2*1-2-3-4-5-6-7-8-9-10-11-12-13-14-15-16(17)18/h2*7-8H,2-6,9-15H2,1H3,(H,17,18)/b2*8-7-. The third-order valence-electron chi connectivity index (χ3n) is 6.30. The van der Waals surface area contributed by atoms with Crippen LogP contribution in [-0.2, 0) is 9.59 Å². The fourth-order valence-corrected chi connectivity index (χ4v) is 3.99. The molecule has 0 spiro atoms. The van der Waals surface area contributed by atoms with Gasteiger partial charge in [-0.05, 0) is 64.2 Å². The van der Waals surface area contributed by atoms with E-state index in [1.807, 2.05) is 0 Å². The van der Waals surface area contributed by atoms with Crippen molar-refractivity contribution < 1.29 is 19.8 Å². The van der Waals surface area contributed by atoms with Crippen molar-refractivity contribution in [3.8, 4) is 0 Å². The lowest BCUT2D eigenvalue weighted by molar-refractivity contribution is -0.138. The lowest BCUT2D eigenvalue weighted by Gasteiger charge is -1.98. The van der Waals surface area contributed by atoms with Gasteiger partial charge in [0.15, 0.2) is 0 Å². The molecule has 4 nitrogen and oxygen atoms in total. The molecule has 0 aliphatic rings. The summed E-state index contributed by atoms with van der Waals surface area (Å²) in [7, 11) is 0. The predicted octanol–water partition coefficient (Wildman–Crippen LogP) is 10.7. The minimum atomic E-state index is -0.666. The number of hydrogen-bond acceptors (Lipinski definition) is 2. The van der Waals surface area contributed by atoms with E-state index in [1.165, 1.54) is 116 Å². The van der Waals surface area contributed by atoms with Crippen molar-refractivity contribution in [2.45, 2.75) is 168 Å². The van der Waals surface area contributed by atoms with Crippen molar-refractivity contribution in [2.75, 3.05) is 0 Å². The fraction of sp³-hybridized carbons (Fsp3) is 0.812. The molecule has 212 valence electrons. The molecule has 36 heavy (non-hydrogen) atoms. The van der Waals surface area contributed by atoms with E-state index in [4.69, 9.17) is 10.2 Å². The second-order valence-corrected chi connectivity index (χ2v) is 10.0. The van der Waals surface area contributed by atoms with E-state index in [-0.39, 0.29) is 0 Å². The Morgan fingerprint density at radius 1 is 0.417 bits per heavy atom. The van der Waals surface area contributed by atoms with Gasteiger partial charge in [-0.15, -0.1) is 0 Å². The van der Waals surface area contributed by atoms with Crippen LogP contribution in [0.2, 0.25) is 0 Å². The predicted molar refractivity (Wildman–Crippen MR) is 156 cm³/mol. The molecular formula is C32H60O4. The van der Waals surface area contributed by atoms with Crippen molar-refractivity contribution in [3.05, 3.63) is 24.3 Å². The fourth-order valence-electron chi connectivity index (χ4n) is 3.99. The van der Waals surface area contributed by atoms with Crippen LogP contribution in [0.25, 0.3) is 0 Å². The average molecular weight is 509 g/mol. The summed E-state index contributed by atoms with van der Waals surface area (Å²) < 4.78 is 0. The molecule has 0 bridgehead atoms. The van der Waals surface area contributed by atoms with Crippen molar-refractivity contribution in [3.63, 3.8) is 0 Å². The Kier molecular flexibility index (Phi) is 34.0. The summed E-state index contributed by atoms with van der Waals surface area (Å²) in [5.74, 6) is -1.33. The summed E-state index contributed by atoms with van der Waals surface area (Å²) in [6.07, 6.45) is 36.6. The third kappa shape index (κ3) is 39.6. The van der Waals surface area contributed by atoms with Gasteiger partial charge >= 0.3 is 11.9 Å². The molecular weight excluding hydrogens is 448 g/mol. The van der Waals surface area contributed by atoms with Crippen LogP contribution in [0.15, 0.2) is 24.3 Å². The SMILES string of the molecule is CCCCCC/C=C\CCCCCCCC(=O)O.CCCCCC/C=C\CCCCCCCC(=O)O. The minimum absolute atomic E-state index is 0.331. The van der Waals surface area contributed by atoms with Gasteiger partial charge < -0.3 is 10.2 Å². The Labute approximate surface area is 224 Å². The maximum Gasteiger partial charge on any atom is 0.303 e. The van der Waals surface area contributed by atoms with Gasteiger partial charge in [-0.2, -0.15) is 0 Å². The van der Waals surface area contributed by atoms with Gasteiger partial charge in [0.05, 0.1) is 0 Å². The van der Waals surface area contributed by atoms with Gasteiger partial charge in [0.2, 0.25) is 0 Å². The Balaban J connectivity index is 0. The van der Waals surface area contributed by atoms with Crippen molar-refractivity contribution in [1.29, 1.82) is 0 Å². The average Bonchev–Trinajstić information content (AvgIpc) is 2.85. The molecule has 0 heterocycles. The highest BCUT2D eigenvalue weighted by molar-refractivity contribution is 5.66. The number of unbranched alkanes of at least 4 members (excludes halogenated alkanes) is 18. The van der Waals surface area contributed by atoms with Gasteiger partial charge in [-0.1, -0.05) is 115 Å². The number of aliphatic carboxylic acids is 2. The van der Waals surface area contributed by atoms with Gasteiger partial charge in [0.1, 0.15) is 0 Å². The molecule has 0 aromatic rings. The highest BCUT2D eigenvalue weighted by Gasteiger charge is 1.96. The molecule has 0 unspecified atom stereocenters. The largest absolute Gasteiger partial charge is 0.481 e. The van der Waals surface area contributed by atoms with Gasteiger partial charge in [0.25, 0.3) is 0 Å². The van der Waals surface area contributed by atoms with Crippen LogP contribution >= 0.6 is 0 Å². The number of carbonyl (C=O) groups is 2. The number of carboxylic acid groups (broad SMARTS) is 2. The quantitative estimate of drug-likeness (QED) is 0.0899. The lowest BCUT2D eigenvalue weighted by atomic mass is 10.1. The molecule has 0 aromatic carbocycles. The van der Waals surface area contributed by atoms with Crippen molar-refractivity contribution in [2.24, 2.45) is 0 Å². The zero-order chi connectivity index (χ0) is 27.0.